The van der Waals surface area contributed by atoms with Gasteiger partial charge in [0.2, 0.25) is 0 Å². The first-order valence-corrected chi connectivity index (χ1v) is 7.25. The van der Waals surface area contributed by atoms with E-state index >= 15 is 0 Å². The van der Waals surface area contributed by atoms with Crippen molar-refractivity contribution in [2.45, 2.75) is 24.8 Å². The minimum Gasteiger partial charge on any atom is -0.369 e. The molecule has 0 aromatic heterocycles. The molecule has 96 valence electrons. The van der Waals surface area contributed by atoms with E-state index in [4.69, 9.17) is 0 Å². The van der Waals surface area contributed by atoms with Gasteiger partial charge < -0.3 is 15.5 Å². The highest BCUT2D eigenvalue weighted by Crippen LogP contribution is 2.45. The van der Waals surface area contributed by atoms with E-state index in [9.17, 15) is 0 Å². The maximum Gasteiger partial charge on any atom is 0.0370 e. The second kappa shape index (κ2) is 4.25. The van der Waals surface area contributed by atoms with Crippen LogP contribution >= 0.6 is 0 Å². The largest absolute Gasteiger partial charge is 0.369 e. The summed E-state index contributed by atoms with van der Waals surface area (Å²) in [7, 11) is 0. The minimum atomic E-state index is 0.635. The Balaban J connectivity index is 1.67. The Morgan fingerprint density at radius 3 is 2.83 bits per heavy atom. The predicted octanol–water partition coefficient (Wildman–Crippen LogP) is 1.62. The molecule has 1 aliphatic carbocycles. The van der Waals surface area contributed by atoms with Crippen LogP contribution in [0.5, 0.6) is 0 Å². The Morgan fingerprint density at radius 1 is 1.06 bits per heavy atom. The van der Waals surface area contributed by atoms with Crippen LogP contribution in [0.15, 0.2) is 18.2 Å². The fourth-order valence-corrected chi connectivity index (χ4v) is 3.79. The number of hydrogen-bond donors (Lipinski definition) is 2. The number of rotatable bonds is 1. The van der Waals surface area contributed by atoms with Gasteiger partial charge in [-0.25, -0.2) is 0 Å². The Kier molecular flexibility index (Phi) is 2.55. The van der Waals surface area contributed by atoms with Crippen LogP contribution in [0.25, 0.3) is 0 Å². The molecule has 3 nitrogen and oxygen atoms in total. The molecule has 2 fully saturated rings. The summed E-state index contributed by atoms with van der Waals surface area (Å²) in [5, 5.41) is 7.06. The first-order valence-electron chi connectivity index (χ1n) is 7.25. The molecule has 2 heterocycles. The number of piperidine rings is 1. The average molecular weight is 243 g/mol. The third kappa shape index (κ3) is 1.65. The lowest BCUT2D eigenvalue weighted by atomic mass is 9.96. The lowest BCUT2D eigenvalue weighted by Gasteiger charge is -2.30. The molecule has 18 heavy (non-hydrogen) atoms. The Bertz CT molecular complexity index is 451. The lowest BCUT2D eigenvalue weighted by Crippen LogP contribution is -2.43. The van der Waals surface area contributed by atoms with Gasteiger partial charge in [-0.2, -0.15) is 0 Å². The molecule has 2 aliphatic heterocycles. The van der Waals surface area contributed by atoms with Crippen LogP contribution in [0.4, 0.5) is 5.69 Å². The van der Waals surface area contributed by atoms with Gasteiger partial charge in [0.25, 0.3) is 0 Å². The van der Waals surface area contributed by atoms with E-state index in [0.717, 1.165) is 32.1 Å². The van der Waals surface area contributed by atoms with E-state index in [1.165, 1.54) is 25.1 Å². The van der Waals surface area contributed by atoms with Gasteiger partial charge in [0.05, 0.1) is 0 Å². The van der Waals surface area contributed by atoms with Crippen LogP contribution in [-0.4, -0.2) is 32.7 Å². The number of nitrogens with one attached hydrogen (secondary N) is 2. The molecule has 2 atom stereocenters. The maximum absolute atomic E-state index is 3.64. The summed E-state index contributed by atoms with van der Waals surface area (Å²) in [6.07, 6.45) is 2.63. The summed E-state index contributed by atoms with van der Waals surface area (Å²) in [6.45, 7) is 5.71. The fourth-order valence-electron chi connectivity index (χ4n) is 3.79. The zero-order chi connectivity index (χ0) is 11.9. The molecule has 0 radical (unpaired) electrons. The first-order chi connectivity index (χ1) is 8.92. The molecule has 2 N–H and O–H groups in total. The van der Waals surface area contributed by atoms with Gasteiger partial charge in [-0.05, 0) is 48.6 Å². The van der Waals surface area contributed by atoms with Gasteiger partial charge in [-0.15, -0.1) is 0 Å². The molecular formula is C15H21N3. The van der Waals surface area contributed by atoms with Crippen LogP contribution in [0.1, 0.15) is 35.9 Å². The van der Waals surface area contributed by atoms with Crippen molar-refractivity contribution in [2.24, 2.45) is 0 Å². The summed E-state index contributed by atoms with van der Waals surface area (Å²) in [5.41, 5.74) is 4.63. The van der Waals surface area contributed by atoms with Crippen molar-refractivity contribution in [1.82, 2.24) is 10.6 Å². The molecule has 4 rings (SSSR count). The number of benzene rings is 1. The van der Waals surface area contributed by atoms with E-state index in [0.29, 0.717) is 6.04 Å². The van der Waals surface area contributed by atoms with Crippen molar-refractivity contribution in [3.63, 3.8) is 0 Å². The molecular weight excluding hydrogens is 222 g/mol. The number of nitrogens with zero attached hydrogens (tertiary/aromatic N) is 1. The zero-order valence-corrected chi connectivity index (χ0v) is 10.8. The second-order valence-corrected chi connectivity index (χ2v) is 5.78. The molecule has 2 saturated heterocycles. The van der Waals surface area contributed by atoms with Crippen LogP contribution in [0.3, 0.4) is 0 Å². The molecule has 2 bridgehead atoms. The van der Waals surface area contributed by atoms with Gasteiger partial charge in [-0.3, -0.25) is 0 Å². The Morgan fingerprint density at radius 2 is 1.94 bits per heavy atom. The summed E-state index contributed by atoms with van der Waals surface area (Å²) in [4.78, 5) is 2.52. The zero-order valence-electron chi connectivity index (χ0n) is 10.8. The van der Waals surface area contributed by atoms with Crippen molar-refractivity contribution >= 4 is 5.69 Å². The van der Waals surface area contributed by atoms with Gasteiger partial charge >= 0.3 is 0 Å². The highest BCUT2D eigenvalue weighted by Gasteiger charge is 2.34. The number of piperazine rings is 1. The smallest absolute Gasteiger partial charge is 0.0370 e. The topological polar surface area (TPSA) is 27.3 Å². The van der Waals surface area contributed by atoms with Gasteiger partial charge in [0, 0.05) is 37.9 Å². The van der Waals surface area contributed by atoms with Crippen molar-refractivity contribution in [1.29, 1.82) is 0 Å². The van der Waals surface area contributed by atoms with E-state index in [2.05, 4.69) is 33.7 Å². The molecule has 3 aliphatic rings. The standard InChI is InChI=1S/C15H21N3/c1-2-13-14(11-3-4-17-15(13)9-11)10-12(1)18-7-5-16-6-8-18/h1-2,10-11,15-17H,3-9H2/t11?,15-/m0/s1. The number of anilines is 1. The Labute approximate surface area is 109 Å². The SMILES string of the molecule is c1cc2c(cc1N1CCNCC1)C1CCN[C@H]2C1. The average Bonchev–Trinajstić information content (AvgIpc) is 2.71. The van der Waals surface area contributed by atoms with Crippen LogP contribution in [-0.2, 0) is 0 Å². The summed E-state index contributed by atoms with van der Waals surface area (Å²) >= 11 is 0. The van der Waals surface area contributed by atoms with E-state index in [1.807, 2.05) is 0 Å². The molecule has 1 unspecified atom stereocenters. The van der Waals surface area contributed by atoms with Crippen molar-refractivity contribution in [3.05, 3.63) is 29.3 Å². The number of fused-ring (bicyclic) bond motifs is 5. The first kappa shape index (κ1) is 10.8. The van der Waals surface area contributed by atoms with Gasteiger partial charge in [0.1, 0.15) is 0 Å². The van der Waals surface area contributed by atoms with E-state index in [1.54, 1.807) is 11.1 Å². The molecule has 0 amide bonds. The molecule has 0 spiro atoms. The number of hydrogen-bond acceptors (Lipinski definition) is 3. The minimum absolute atomic E-state index is 0.635. The molecule has 1 aromatic rings. The highest BCUT2D eigenvalue weighted by molar-refractivity contribution is 5.55. The van der Waals surface area contributed by atoms with Crippen LogP contribution in [0.2, 0.25) is 0 Å². The quantitative estimate of drug-likeness (QED) is 0.785. The highest BCUT2D eigenvalue weighted by atomic mass is 15.2. The summed E-state index contributed by atoms with van der Waals surface area (Å²) in [5.74, 6) is 0.814. The van der Waals surface area contributed by atoms with Crippen LogP contribution < -0.4 is 15.5 Å². The molecule has 0 saturated carbocycles. The molecule has 3 heteroatoms. The van der Waals surface area contributed by atoms with E-state index < -0.39 is 0 Å². The third-order valence-electron chi connectivity index (χ3n) is 4.77. The lowest BCUT2D eigenvalue weighted by molar-refractivity contribution is 0.410. The Hall–Kier alpha value is -1.06. The van der Waals surface area contributed by atoms with Crippen molar-refractivity contribution in [3.8, 4) is 0 Å². The van der Waals surface area contributed by atoms with Crippen molar-refractivity contribution < 1.29 is 0 Å². The third-order valence-corrected chi connectivity index (χ3v) is 4.77. The maximum atomic E-state index is 3.64. The summed E-state index contributed by atoms with van der Waals surface area (Å²) in [6, 6.07) is 7.80. The van der Waals surface area contributed by atoms with E-state index in [-0.39, 0.29) is 0 Å². The van der Waals surface area contributed by atoms with Gasteiger partial charge in [0.15, 0.2) is 0 Å². The predicted molar refractivity (Wildman–Crippen MR) is 74.2 cm³/mol. The normalized spacial score (nSPS) is 30.3. The second-order valence-electron chi connectivity index (χ2n) is 5.78. The fraction of sp³-hybridized carbons (Fsp3) is 0.600. The summed E-state index contributed by atoms with van der Waals surface area (Å²) < 4.78 is 0. The van der Waals surface area contributed by atoms with Crippen LogP contribution in [0, 0.1) is 0 Å². The monoisotopic (exact) mass is 243 g/mol. The van der Waals surface area contributed by atoms with Gasteiger partial charge in [-0.1, -0.05) is 6.07 Å². The molecule has 1 aromatic carbocycles. The van der Waals surface area contributed by atoms with Crippen molar-refractivity contribution in [2.75, 3.05) is 37.6 Å².